The lowest BCUT2D eigenvalue weighted by Gasteiger charge is -2.36. The summed E-state index contributed by atoms with van der Waals surface area (Å²) < 4.78 is 5.55. The molecule has 6 heteroatoms. The molecule has 3 heterocycles. The van der Waals surface area contributed by atoms with Gasteiger partial charge in [0.15, 0.2) is 0 Å². The van der Waals surface area contributed by atoms with E-state index in [4.69, 9.17) is 4.74 Å². The molecular weight excluding hydrogens is 294 g/mol. The minimum Gasteiger partial charge on any atom is -0.368 e. The van der Waals surface area contributed by atoms with E-state index < -0.39 is 0 Å². The summed E-state index contributed by atoms with van der Waals surface area (Å²) >= 11 is 0. The molecule has 124 valence electrons. The van der Waals surface area contributed by atoms with E-state index in [1.54, 1.807) is 6.20 Å². The third kappa shape index (κ3) is 3.69. The summed E-state index contributed by atoms with van der Waals surface area (Å²) in [4.78, 5) is 32.6. The van der Waals surface area contributed by atoms with E-state index in [1.165, 1.54) is 0 Å². The number of hydrogen-bond donors (Lipinski definition) is 0. The first-order valence-corrected chi connectivity index (χ1v) is 8.23. The van der Waals surface area contributed by atoms with Gasteiger partial charge in [-0.15, -0.1) is 0 Å². The molecule has 0 spiro atoms. The first kappa shape index (κ1) is 15.9. The van der Waals surface area contributed by atoms with Gasteiger partial charge in [0.05, 0.1) is 6.42 Å². The predicted octanol–water partition coefficient (Wildman–Crippen LogP) is 0.720. The number of ether oxygens (including phenoxy) is 1. The number of carbonyl (C=O) groups excluding carboxylic acids is 2. The number of pyridine rings is 1. The van der Waals surface area contributed by atoms with Crippen LogP contribution in [-0.4, -0.2) is 65.5 Å². The number of rotatable bonds is 3. The van der Waals surface area contributed by atoms with Crippen LogP contribution < -0.4 is 0 Å². The molecular formula is C17H23N3O3. The molecule has 3 rings (SSSR count). The second-order valence-corrected chi connectivity index (χ2v) is 6.26. The first-order chi connectivity index (χ1) is 11.1. The van der Waals surface area contributed by atoms with Crippen molar-refractivity contribution in [3.8, 4) is 0 Å². The van der Waals surface area contributed by atoms with Crippen LogP contribution in [0.15, 0.2) is 24.4 Å². The van der Waals surface area contributed by atoms with Crippen LogP contribution in [0.25, 0.3) is 0 Å². The summed E-state index contributed by atoms with van der Waals surface area (Å²) in [6.45, 7) is 5.05. The molecule has 6 nitrogen and oxygen atoms in total. The number of carbonyl (C=O) groups is 2. The van der Waals surface area contributed by atoms with Crippen molar-refractivity contribution in [2.45, 2.75) is 25.9 Å². The Bertz CT molecular complexity index is 555. The first-order valence-electron chi connectivity index (χ1n) is 8.23. The molecule has 2 amide bonds. The van der Waals surface area contributed by atoms with Crippen molar-refractivity contribution in [3.05, 3.63) is 30.1 Å². The average Bonchev–Trinajstić information content (AvgIpc) is 3.01. The highest BCUT2D eigenvalue weighted by Crippen LogP contribution is 2.22. The zero-order valence-corrected chi connectivity index (χ0v) is 13.5. The van der Waals surface area contributed by atoms with Crippen LogP contribution in [0.2, 0.25) is 0 Å². The van der Waals surface area contributed by atoms with Crippen LogP contribution in [-0.2, 0) is 20.7 Å². The van der Waals surface area contributed by atoms with Gasteiger partial charge in [0, 0.05) is 44.7 Å². The van der Waals surface area contributed by atoms with Crippen molar-refractivity contribution in [1.82, 2.24) is 14.8 Å². The minimum absolute atomic E-state index is 0.0706. The molecule has 2 atom stereocenters. The second-order valence-electron chi connectivity index (χ2n) is 6.26. The fourth-order valence-electron chi connectivity index (χ4n) is 3.14. The molecule has 0 aromatic carbocycles. The minimum atomic E-state index is -0.300. The zero-order valence-electron chi connectivity index (χ0n) is 13.5. The lowest BCUT2D eigenvalue weighted by Crippen LogP contribution is -2.53. The molecule has 0 aliphatic carbocycles. The van der Waals surface area contributed by atoms with Gasteiger partial charge >= 0.3 is 0 Å². The van der Waals surface area contributed by atoms with Gasteiger partial charge in [0.1, 0.15) is 6.10 Å². The summed E-state index contributed by atoms with van der Waals surface area (Å²) in [7, 11) is 0. The standard InChI is InChI=1S/C17H23N3O3/c1-13-5-11-23-16(13)17(22)20-9-7-19(8-10-20)15(21)12-14-4-2-3-6-18-14/h2-4,6,13,16H,5,7-12H2,1H3/t13-,16+/m1/s1. The molecule has 1 aromatic heterocycles. The average molecular weight is 317 g/mol. The van der Waals surface area contributed by atoms with Crippen LogP contribution in [0.1, 0.15) is 19.0 Å². The largest absolute Gasteiger partial charge is 0.368 e. The molecule has 2 saturated heterocycles. The maximum absolute atomic E-state index is 12.5. The molecule has 2 fully saturated rings. The van der Waals surface area contributed by atoms with E-state index in [0.29, 0.717) is 39.2 Å². The Morgan fingerprint density at radius 3 is 2.57 bits per heavy atom. The van der Waals surface area contributed by atoms with Crippen LogP contribution in [0, 0.1) is 5.92 Å². The summed E-state index contributed by atoms with van der Waals surface area (Å²) in [5.74, 6) is 0.430. The molecule has 0 bridgehead atoms. The number of amides is 2. The van der Waals surface area contributed by atoms with Crippen LogP contribution in [0.4, 0.5) is 0 Å². The third-order valence-corrected chi connectivity index (χ3v) is 4.63. The Labute approximate surface area is 136 Å². The summed E-state index contributed by atoms with van der Waals surface area (Å²) in [6.07, 6.45) is 2.66. The van der Waals surface area contributed by atoms with Crippen molar-refractivity contribution >= 4 is 11.8 Å². The van der Waals surface area contributed by atoms with Gasteiger partial charge in [-0.2, -0.15) is 0 Å². The molecule has 1 aromatic rings. The molecule has 0 N–H and O–H groups in total. The molecule has 0 radical (unpaired) electrons. The molecule has 0 saturated carbocycles. The summed E-state index contributed by atoms with van der Waals surface area (Å²) in [6, 6.07) is 5.58. The number of aromatic nitrogens is 1. The van der Waals surface area contributed by atoms with Gasteiger partial charge in [0.25, 0.3) is 5.91 Å². The smallest absolute Gasteiger partial charge is 0.252 e. The van der Waals surface area contributed by atoms with Crippen LogP contribution in [0.3, 0.4) is 0 Å². The van der Waals surface area contributed by atoms with Gasteiger partial charge in [-0.3, -0.25) is 14.6 Å². The highest BCUT2D eigenvalue weighted by Gasteiger charge is 2.35. The Kier molecular flexibility index (Phi) is 4.91. The van der Waals surface area contributed by atoms with E-state index >= 15 is 0 Å². The molecule has 23 heavy (non-hydrogen) atoms. The zero-order chi connectivity index (χ0) is 16.2. The fourth-order valence-corrected chi connectivity index (χ4v) is 3.14. The SMILES string of the molecule is C[C@@H]1CCO[C@@H]1C(=O)N1CCN(C(=O)Cc2ccccn2)CC1. The van der Waals surface area contributed by atoms with Crippen molar-refractivity contribution in [3.63, 3.8) is 0 Å². The Balaban J connectivity index is 1.50. The van der Waals surface area contributed by atoms with Gasteiger partial charge < -0.3 is 14.5 Å². The Morgan fingerprint density at radius 2 is 1.96 bits per heavy atom. The maximum atomic E-state index is 12.5. The monoisotopic (exact) mass is 317 g/mol. The van der Waals surface area contributed by atoms with Crippen LogP contribution in [0.5, 0.6) is 0 Å². The lowest BCUT2D eigenvalue weighted by molar-refractivity contribution is -0.147. The van der Waals surface area contributed by atoms with E-state index in [2.05, 4.69) is 11.9 Å². The Morgan fingerprint density at radius 1 is 1.22 bits per heavy atom. The number of piperazine rings is 1. The Hall–Kier alpha value is -1.95. The molecule has 2 aliphatic heterocycles. The normalized spacial score (nSPS) is 24.7. The summed E-state index contributed by atoms with van der Waals surface area (Å²) in [5.41, 5.74) is 0.782. The second kappa shape index (κ2) is 7.08. The van der Waals surface area contributed by atoms with Gasteiger partial charge in [0.2, 0.25) is 5.91 Å². The highest BCUT2D eigenvalue weighted by molar-refractivity contribution is 5.82. The van der Waals surface area contributed by atoms with E-state index in [0.717, 1.165) is 12.1 Å². The van der Waals surface area contributed by atoms with E-state index in [1.807, 2.05) is 28.0 Å². The van der Waals surface area contributed by atoms with Crippen LogP contribution >= 0.6 is 0 Å². The number of nitrogens with zero attached hydrogens (tertiary/aromatic N) is 3. The van der Waals surface area contributed by atoms with Crippen molar-refractivity contribution in [2.75, 3.05) is 32.8 Å². The topological polar surface area (TPSA) is 62.7 Å². The number of hydrogen-bond acceptors (Lipinski definition) is 4. The van der Waals surface area contributed by atoms with Gasteiger partial charge in [-0.1, -0.05) is 13.0 Å². The van der Waals surface area contributed by atoms with Gasteiger partial charge in [-0.25, -0.2) is 0 Å². The molecule has 0 unspecified atom stereocenters. The van der Waals surface area contributed by atoms with Crippen molar-refractivity contribution in [2.24, 2.45) is 5.92 Å². The molecule has 2 aliphatic rings. The maximum Gasteiger partial charge on any atom is 0.252 e. The third-order valence-electron chi connectivity index (χ3n) is 4.63. The van der Waals surface area contributed by atoms with Crippen molar-refractivity contribution < 1.29 is 14.3 Å². The van der Waals surface area contributed by atoms with Crippen molar-refractivity contribution in [1.29, 1.82) is 0 Å². The lowest BCUT2D eigenvalue weighted by atomic mass is 10.0. The fraction of sp³-hybridized carbons (Fsp3) is 0.588. The van der Waals surface area contributed by atoms with Gasteiger partial charge in [-0.05, 0) is 24.5 Å². The van der Waals surface area contributed by atoms with E-state index in [-0.39, 0.29) is 23.8 Å². The summed E-state index contributed by atoms with van der Waals surface area (Å²) in [5, 5.41) is 0. The van der Waals surface area contributed by atoms with E-state index in [9.17, 15) is 9.59 Å². The predicted molar refractivity (Wildman–Crippen MR) is 84.6 cm³/mol. The highest BCUT2D eigenvalue weighted by atomic mass is 16.5. The quantitative estimate of drug-likeness (QED) is 0.824.